The van der Waals surface area contributed by atoms with Crippen LogP contribution in [0.25, 0.3) is 17.2 Å². The molecule has 204 valence electrons. The first-order valence-corrected chi connectivity index (χ1v) is 14.1. The predicted octanol–water partition coefficient (Wildman–Crippen LogP) is 3.96. The summed E-state index contributed by atoms with van der Waals surface area (Å²) in [6, 6.07) is 16.4. The van der Waals surface area contributed by atoms with Crippen LogP contribution in [0.1, 0.15) is 24.0 Å². The van der Waals surface area contributed by atoms with Crippen molar-refractivity contribution in [2.75, 3.05) is 49.1 Å². The van der Waals surface area contributed by atoms with Crippen molar-refractivity contribution in [3.8, 4) is 11.6 Å². The normalized spacial score (nSPS) is 17.1. The van der Waals surface area contributed by atoms with Gasteiger partial charge in [-0.05, 0) is 48.9 Å². The van der Waals surface area contributed by atoms with E-state index in [4.69, 9.17) is 19.5 Å². The van der Waals surface area contributed by atoms with Gasteiger partial charge in [0.05, 0.1) is 6.26 Å². The molecule has 2 aliphatic rings. The maximum Gasteiger partial charge on any atom is 0.228 e. The molecule has 2 fully saturated rings. The van der Waals surface area contributed by atoms with Crippen molar-refractivity contribution < 1.29 is 4.42 Å². The first kappa shape index (κ1) is 24.7. The van der Waals surface area contributed by atoms with Crippen LogP contribution in [-0.4, -0.2) is 73.7 Å². The molecule has 0 N–H and O–H groups in total. The molecule has 10 nitrogen and oxygen atoms in total. The number of hydrogen-bond donors (Lipinski definition) is 0. The lowest BCUT2D eigenvalue weighted by atomic mass is 9.90. The van der Waals surface area contributed by atoms with E-state index in [2.05, 4.69) is 55.0 Å². The van der Waals surface area contributed by atoms with E-state index in [0.29, 0.717) is 17.5 Å². The second-order valence-corrected chi connectivity index (χ2v) is 10.7. The lowest BCUT2D eigenvalue weighted by Crippen LogP contribution is -2.46. The molecular weight excluding hydrogens is 502 g/mol. The highest BCUT2D eigenvalue weighted by Gasteiger charge is 2.26. The summed E-state index contributed by atoms with van der Waals surface area (Å²) in [5.74, 6) is 3.59. The molecule has 0 aliphatic carbocycles. The topological polar surface area (TPSA) is 91.7 Å². The maximum absolute atomic E-state index is 5.65. The fraction of sp³-hybridized carbons (Fsp3) is 0.367. The van der Waals surface area contributed by atoms with E-state index in [1.165, 1.54) is 5.56 Å². The Kier molecular flexibility index (Phi) is 6.83. The summed E-state index contributed by atoms with van der Waals surface area (Å²) >= 11 is 0. The van der Waals surface area contributed by atoms with Crippen molar-refractivity contribution in [1.29, 1.82) is 0 Å². The SMILES string of the molecule is c1ccc(CC2CCN(c3ncc(CN4CCN(c5ncccn5)CC4)c4nc(-c5ccco5)nn34)CC2)cc1. The van der Waals surface area contributed by atoms with Gasteiger partial charge >= 0.3 is 0 Å². The molecule has 0 radical (unpaired) electrons. The average Bonchev–Trinajstić information content (AvgIpc) is 3.71. The molecule has 5 aromatic rings. The zero-order chi connectivity index (χ0) is 26.7. The molecule has 0 bridgehead atoms. The highest BCUT2D eigenvalue weighted by Crippen LogP contribution is 2.28. The molecular formula is C30H33N9O. The molecule has 40 heavy (non-hydrogen) atoms. The molecule has 10 heteroatoms. The van der Waals surface area contributed by atoms with Gasteiger partial charge in [-0.1, -0.05) is 30.3 Å². The van der Waals surface area contributed by atoms with E-state index in [1.807, 2.05) is 28.9 Å². The quantitative estimate of drug-likeness (QED) is 0.307. The minimum atomic E-state index is 0.588. The molecule has 0 atom stereocenters. The molecule has 7 rings (SSSR count). The third kappa shape index (κ3) is 5.14. The monoisotopic (exact) mass is 535 g/mol. The van der Waals surface area contributed by atoms with Gasteiger partial charge in [-0.2, -0.15) is 4.52 Å². The number of hydrogen-bond acceptors (Lipinski definition) is 9. The summed E-state index contributed by atoms with van der Waals surface area (Å²) in [5, 5.41) is 4.89. The van der Waals surface area contributed by atoms with Crippen LogP contribution in [0.2, 0.25) is 0 Å². The first-order chi connectivity index (χ1) is 19.8. The van der Waals surface area contributed by atoms with E-state index in [1.54, 1.807) is 18.7 Å². The summed E-state index contributed by atoms with van der Waals surface area (Å²) in [4.78, 5) is 25.8. The van der Waals surface area contributed by atoms with Crippen molar-refractivity contribution in [3.63, 3.8) is 0 Å². The van der Waals surface area contributed by atoms with Gasteiger partial charge < -0.3 is 14.2 Å². The minimum Gasteiger partial charge on any atom is -0.461 e. The Morgan fingerprint density at radius 3 is 2.35 bits per heavy atom. The number of piperidine rings is 1. The van der Waals surface area contributed by atoms with Crippen LogP contribution in [0.3, 0.4) is 0 Å². The molecule has 6 heterocycles. The third-order valence-electron chi connectivity index (χ3n) is 8.03. The van der Waals surface area contributed by atoms with Crippen molar-refractivity contribution in [2.24, 2.45) is 5.92 Å². The Bertz CT molecular complexity index is 1520. The van der Waals surface area contributed by atoms with Gasteiger partial charge in [0.25, 0.3) is 0 Å². The van der Waals surface area contributed by atoms with Gasteiger partial charge in [0.1, 0.15) is 0 Å². The number of nitrogens with zero attached hydrogens (tertiary/aromatic N) is 9. The molecule has 4 aromatic heterocycles. The summed E-state index contributed by atoms with van der Waals surface area (Å²) in [6.45, 7) is 6.27. The third-order valence-corrected chi connectivity index (χ3v) is 8.03. The van der Waals surface area contributed by atoms with Crippen LogP contribution in [0.5, 0.6) is 0 Å². The van der Waals surface area contributed by atoms with Gasteiger partial charge in [0, 0.05) is 70.0 Å². The Labute approximate surface area is 233 Å². The highest BCUT2D eigenvalue weighted by atomic mass is 16.3. The van der Waals surface area contributed by atoms with E-state index in [-0.39, 0.29) is 0 Å². The van der Waals surface area contributed by atoms with Crippen LogP contribution < -0.4 is 9.80 Å². The van der Waals surface area contributed by atoms with E-state index in [9.17, 15) is 0 Å². The van der Waals surface area contributed by atoms with Crippen LogP contribution in [-0.2, 0) is 13.0 Å². The molecule has 0 amide bonds. The summed E-state index contributed by atoms with van der Waals surface area (Å²) in [6.07, 6.45) is 10.7. The number of benzene rings is 1. The fourth-order valence-corrected chi connectivity index (χ4v) is 5.83. The second-order valence-electron chi connectivity index (χ2n) is 10.7. The average molecular weight is 536 g/mol. The Balaban J connectivity index is 1.09. The summed E-state index contributed by atoms with van der Waals surface area (Å²) < 4.78 is 7.58. The van der Waals surface area contributed by atoms with Crippen molar-refractivity contribution >= 4 is 17.5 Å². The molecule has 2 aliphatic heterocycles. The number of rotatable bonds is 7. The van der Waals surface area contributed by atoms with E-state index < -0.39 is 0 Å². The van der Waals surface area contributed by atoms with Gasteiger partial charge in [0.15, 0.2) is 11.4 Å². The largest absolute Gasteiger partial charge is 0.461 e. The Morgan fingerprint density at radius 1 is 0.800 bits per heavy atom. The van der Waals surface area contributed by atoms with Crippen molar-refractivity contribution in [1.82, 2.24) is 34.4 Å². The maximum atomic E-state index is 5.65. The molecule has 1 aromatic carbocycles. The summed E-state index contributed by atoms with van der Waals surface area (Å²) in [5.41, 5.74) is 3.33. The lowest BCUT2D eigenvalue weighted by Gasteiger charge is -2.35. The van der Waals surface area contributed by atoms with Crippen LogP contribution >= 0.6 is 0 Å². The van der Waals surface area contributed by atoms with E-state index in [0.717, 1.165) is 88.2 Å². The number of furan rings is 1. The number of fused-ring (bicyclic) bond motifs is 1. The standard InChI is InChI=1S/C30H33N9O/c1-2-6-23(7-3-1)20-24-9-13-38(14-10-24)30-33-21-25(28-34-27(35-39(28)30)26-8-4-19-40-26)22-36-15-17-37(18-16-36)29-31-11-5-12-32-29/h1-8,11-12,19,21,24H,9-10,13-18,20,22H2. The van der Waals surface area contributed by atoms with Gasteiger partial charge in [-0.15, -0.1) is 5.10 Å². The van der Waals surface area contributed by atoms with Gasteiger partial charge in [-0.3, -0.25) is 4.90 Å². The van der Waals surface area contributed by atoms with Crippen LogP contribution in [0, 0.1) is 5.92 Å². The molecule has 0 saturated carbocycles. The highest BCUT2D eigenvalue weighted by molar-refractivity contribution is 5.58. The van der Waals surface area contributed by atoms with E-state index >= 15 is 0 Å². The second kappa shape index (κ2) is 11.1. The number of piperazine rings is 1. The molecule has 0 unspecified atom stereocenters. The van der Waals surface area contributed by atoms with Crippen molar-refractivity contribution in [2.45, 2.75) is 25.8 Å². The zero-order valence-corrected chi connectivity index (χ0v) is 22.5. The minimum absolute atomic E-state index is 0.588. The number of anilines is 2. The van der Waals surface area contributed by atoms with Crippen molar-refractivity contribution in [3.05, 3.63) is 84.5 Å². The van der Waals surface area contributed by atoms with Gasteiger partial charge in [-0.25, -0.2) is 19.9 Å². The Hall–Kier alpha value is -4.31. The lowest BCUT2D eigenvalue weighted by molar-refractivity contribution is 0.249. The summed E-state index contributed by atoms with van der Waals surface area (Å²) in [7, 11) is 0. The van der Waals surface area contributed by atoms with Crippen LogP contribution in [0.15, 0.2) is 77.8 Å². The zero-order valence-electron chi connectivity index (χ0n) is 22.5. The molecule has 0 spiro atoms. The predicted molar refractivity (Wildman–Crippen MR) is 153 cm³/mol. The van der Waals surface area contributed by atoms with Gasteiger partial charge in [0.2, 0.25) is 17.7 Å². The molecule has 2 saturated heterocycles. The first-order valence-electron chi connectivity index (χ1n) is 14.1. The smallest absolute Gasteiger partial charge is 0.228 e. The number of aromatic nitrogens is 6. The fourth-order valence-electron chi connectivity index (χ4n) is 5.83. The van der Waals surface area contributed by atoms with Crippen LogP contribution in [0.4, 0.5) is 11.9 Å². The Morgan fingerprint density at radius 2 is 1.60 bits per heavy atom.